The molecule has 1 aromatic heterocycles. The van der Waals surface area contributed by atoms with Crippen LogP contribution in [0.15, 0.2) is 54.7 Å². The van der Waals surface area contributed by atoms with Gasteiger partial charge in [0.25, 0.3) is 0 Å². The van der Waals surface area contributed by atoms with E-state index in [1.165, 1.54) is 6.20 Å². The first-order valence-corrected chi connectivity index (χ1v) is 8.80. The fourth-order valence-corrected chi connectivity index (χ4v) is 2.58. The zero-order chi connectivity index (χ0) is 19.8. The second-order valence-corrected chi connectivity index (χ2v) is 5.72. The van der Waals surface area contributed by atoms with Crippen molar-refractivity contribution in [1.82, 2.24) is 15.2 Å². The molecular formula is C20H21N5O3. The normalized spacial score (nSPS) is 10.2. The number of methoxy groups -OCH3 is 1. The predicted molar refractivity (Wildman–Crippen MR) is 106 cm³/mol. The second-order valence-electron chi connectivity index (χ2n) is 5.72. The van der Waals surface area contributed by atoms with Crippen LogP contribution in [-0.2, 0) is 11.3 Å². The van der Waals surface area contributed by atoms with E-state index in [-0.39, 0.29) is 5.95 Å². The van der Waals surface area contributed by atoms with Gasteiger partial charge in [0.2, 0.25) is 5.95 Å². The molecule has 3 aromatic rings. The van der Waals surface area contributed by atoms with Gasteiger partial charge in [-0.05, 0) is 25.1 Å². The molecule has 0 aliphatic rings. The van der Waals surface area contributed by atoms with E-state index >= 15 is 0 Å². The summed E-state index contributed by atoms with van der Waals surface area (Å²) in [5.41, 5.74) is 1.94. The SMILES string of the molecule is CCOC(=O)c1ccccc1Nc1nncc(NCc2ccccc2OC)n1. The minimum absolute atomic E-state index is 0.266. The van der Waals surface area contributed by atoms with E-state index < -0.39 is 5.97 Å². The topological polar surface area (TPSA) is 98.3 Å². The summed E-state index contributed by atoms with van der Waals surface area (Å²) in [7, 11) is 1.63. The average Bonchev–Trinajstić information content (AvgIpc) is 2.73. The number of nitrogens with zero attached hydrogens (tertiary/aromatic N) is 3. The monoisotopic (exact) mass is 379 g/mol. The third kappa shape index (κ3) is 4.73. The molecule has 8 nitrogen and oxygen atoms in total. The van der Waals surface area contributed by atoms with Crippen LogP contribution < -0.4 is 15.4 Å². The molecular weight excluding hydrogens is 358 g/mol. The first-order valence-electron chi connectivity index (χ1n) is 8.80. The first-order chi connectivity index (χ1) is 13.7. The maximum Gasteiger partial charge on any atom is 0.340 e. The highest BCUT2D eigenvalue weighted by Gasteiger charge is 2.13. The molecule has 0 aliphatic carbocycles. The number of rotatable bonds is 8. The van der Waals surface area contributed by atoms with Crippen molar-refractivity contribution in [2.45, 2.75) is 13.5 Å². The number of carbonyl (C=O) groups excluding carboxylic acids is 1. The van der Waals surface area contributed by atoms with Gasteiger partial charge in [-0.1, -0.05) is 30.3 Å². The minimum atomic E-state index is -0.413. The summed E-state index contributed by atoms with van der Waals surface area (Å²) in [4.78, 5) is 16.5. The molecule has 0 radical (unpaired) electrons. The Morgan fingerprint density at radius 2 is 1.89 bits per heavy atom. The van der Waals surface area contributed by atoms with Crippen molar-refractivity contribution >= 4 is 23.4 Å². The lowest BCUT2D eigenvalue weighted by molar-refractivity contribution is 0.0527. The molecule has 0 spiro atoms. The molecule has 0 unspecified atom stereocenters. The third-order valence-corrected chi connectivity index (χ3v) is 3.88. The molecule has 144 valence electrons. The van der Waals surface area contributed by atoms with Gasteiger partial charge in [0, 0.05) is 12.1 Å². The van der Waals surface area contributed by atoms with Crippen LogP contribution in [0.2, 0.25) is 0 Å². The molecule has 0 aliphatic heterocycles. The van der Waals surface area contributed by atoms with E-state index in [4.69, 9.17) is 9.47 Å². The zero-order valence-corrected chi connectivity index (χ0v) is 15.7. The number of hydrogen-bond donors (Lipinski definition) is 2. The van der Waals surface area contributed by atoms with Crippen molar-refractivity contribution in [3.05, 3.63) is 65.9 Å². The molecule has 2 N–H and O–H groups in total. The van der Waals surface area contributed by atoms with Gasteiger partial charge in [-0.3, -0.25) is 0 Å². The standard InChI is InChI=1S/C20H21N5O3/c1-3-28-19(26)15-9-5-6-10-16(15)23-20-24-18(13-22-25-20)21-12-14-8-4-7-11-17(14)27-2/h4-11,13H,3,12H2,1-2H3,(H2,21,23,24,25). The van der Waals surface area contributed by atoms with Crippen LogP contribution in [0.1, 0.15) is 22.8 Å². The van der Waals surface area contributed by atoms with Crippen molar-refractivity contribution in [2.75, 3.05) is 24.4 Å². The molecule has 28 heavy (non-hydrogen) atoms. The van der Waals surface area contributed by atoms with Gasteiger partial charge < -0.3 is 20.1 Å². The number of hydrogen-bond acceptors (Lipinski definition) is 8. The van der Waals surface area contributed by atoms with Crippen molar-refractivity contribution in [3.8, 4) is 5.75 Å². The largest absolute Gasteiger partial charge is 0.496 e. The molecule has 0 bridgehead atoms. The highest BCUT2D eigenvalue weighted by molar-refractivity contribution is 5.96. The van der Waals surface area contributed by atoms with E-state index in [2.05, 4.69) is 25.8 Å². The van der Waals surface area contributed by atoms with Gasteiger partial charge in [-0.15, -0.1) is 5.10 Å². The van der Waals surface area contributed by atoms with Crippen LogP contribution in [0.4, 0.5) is 17.5 Å². The molecule has 0 atom stereocenters. The van der Waals surface area contributed by atoms with E-state index in [0.717, 1.165) is 11.3 Å². The number of nitrogens with one attached hydrogen (secondary N) is 2. The summed E-state index contributed by atoms with van der Waals surface area (Å²) in [5, 5.41) is 14.2. The van der Waals surface area contributed by atoms with Gasteiger partial charge >= 0.3 is 5.97 Å². The Bertz CT molecular complexity index is 948. The van der Waals surface area contributed by atoms with E-state index in [1.54, 1.807) is 32.2 Å². The quantitative estimate of drug-likeness (QED) is 0.575. The van der Waals surface area contributed by atoms with E-state index in [1.807, 2.05) is 30.3 Å². The Labute approximate surface area is 162 Å². The number of para-hydroxylation sites is 2. The van der Waals surface area contributed by atoms with Crippen LogP contribution in [-0.4, -0.2) is 34.9 Å². The van der Waals surface area contributed by atoms with Gasteiger partial charge in [0.1, 0.15) is 5.75 Å². The maximum absolute atomic E-state index is 12.1. The molecule has 0 saturated heterocycles. The summed E-state index contributed by atoms with van der Waals surface area (Å²) >= 11 is 0. The second kappa shape index (κ2) is 9.31. The van der Waals surface area contributed by atoms with Gasteiger partial charge in [0.15, 0.2) is 5.82 Å². The van der Waals surface area contributed by atoms with Crippen molar-refractivity contribution in [3.63, 3.8) is 0 Å². The minimum Gasteiger partial charge on any atom is -0.496 e. The summed E-state index contributed by atoms with van der Waals surface area (Å²) in [6, 6.07) is 14.7. The summed E-state index contributed by atoms with van der Waals surface area (Å²) in [5.74, 6) is 1.18. The molecule has 8 heteroatoms. The van der Waals surface area contributed by atoms with Gasteiger partial charge in [-0.25, -0.2) is 4.79 Å². The van der Waals surface area contributed by atoms with Crippen molar-refractivity contribution in [1.29, 1.82) is 0 Å². The highest BCUT2D eigenvalue weighted by Crippen LogP contribution is 2.21. The average molecular weight is 379 g/mol. The van der Waals surface area contributed by atoms with Crippen molar-refractivity contribution in [2.24, 2.45) is 0 Å². The van der Waals surface area contributed by atoms with E-state index in [9.17, 15) is 4.79 Å². The third-order valence-electron chi connectivity index (χ3n) is 3.88. The van der Waals surface area contributed by atoms with Crippen molar-refractivity contribution < 1.29 is 14.3 Å². The number of aromatic nitrogens is 3. The number of benzene rings is 2. The lowest BCUT2D eigenvalue weighted by Gasteiger charge is -2.12. The Morgan fingerprint density at radius 1 is 1.11 bits per heavy atom. The Hall–Kier alpha value is -3.68. The fourth-order valence-electron chi connectivity index (χ4n) is 2.58. The molecule has 0 amide bonds. The summed E-state index contributed by atoms with van der Waals surface area (Å²) in [6.07, 6.45) is 1.53. The molecule has 3 rings (SSSR count). The van der Waals surface area contributed by atoms with Crippen LogP contribution in [0, 0.1) is 0 Å². The molecule has 1 heterocycles. The summed E-state index contributed by atoms with van der Waals surface area (Å²) in [6.45, 7) is 2.58. The number of ether oxygens (including phenoxy) is 2. The Morgan fingerprint density at radius 3 is 2.71 bits per heavy atom. The van der Waals surface area contributed by atoms with Crippen LogP contribution in [0.5, 0.6) is 5.75 Å². The fraction of sp³-hybridized carbons (Fsp3) is 0.200. The van der Waals surface area contributed by atoms with Crippen LogP contribution in [0.25, 0.3) is 0 Å². The van der Waals surface area contributed by atoms with Crippen LogP contribution >= 0.6 is 0 Å². The Balaban J connectivity index is 1.73. The first kappa shape index (κ1) is 19.1. The maximum atomic E-state index is 12.1. The zero-order valence-electron chi connectivity index (χ0n) is 15.7. The predicted octanol–water partition coefficient (Wildman–Crippen LogP) is 3.41. The molecule has 0 saturated carbocycles. The van der Waals surface area contributed by atoms with Gasteiger partial charge in [0.05, 0.1) is 31.2 Å². The highest BCUT2D eigenvalue weighted by atomic mass is 16.5. The molecule has 0 fully saturated rings. The molecule has 2 aromatic carbocycles. The van der Waals surface area contributed by atoms with Crippen LogP contribution in [0.3, 0.4) is 0 Å². The lowest BCUT2D eigenvalue weighted by Crippen LogP contribution is -2.10. The Kier molecular flexibility index (Phi) is 6.35. The summed E-state index contributed by atoms with van der Waals surface area (Å²) < 4.78 is 10.4. The van der Waals surface area contributed by atoms with E-state index in [0.29, 0.717) is 30.2 Å². The van der Waals surface area contributed by atoms with Gasteiger partial charge in [-0.2, -0.15) is 10.1 Å². The number of carbonyl (C=O) groups is 1. The number of esters is 1. The number of anilines is 3. The lowest BCUT2D eigenvalue weighted by atomic mass is 10.2. The smallest absolute Gasteiger partial charge is 0.340 e.